The molecule has 0 spiro atoms. The van der Waals surface area contributed by atoms with Gasteiger partial charge >= 0.3 is 0 Å². The Bertz CT molecular complexity index is 1210. The molecular formula is C29H37N4O5-. The molecule has 38 heavy (non-hydrogen) atoms. The van der Waals surface area contributed by atoms with E-state index in [1.807, 2.05) is 32.1 Å². The standard InChI is InChI=1S/C29H38N4O5/c1-5-20-11-13-22-14-12-21(17-23(22)16-20)8-6-10-25(34)31-26(18(2)3)27(35)30-19(4)28(36)33-15-7-9-24(32-33)29(37)38/h6,8,11-14,16-19,24,26,32H,5,7,9-10,15H2,1-4H3,(H,30,35)(H,31,34)(H,37,38)/p-1/b8-6+/t19-,24-,26-/m0/s1. The van der Waals surface area contributed by atoms with Gasteiger partial charge in [0.25, 0.3) is 5.91 Å². The molecular weight excluding hydrogens is 484 g/mol. The first-order valence-corrected chi connectivity index (χ1v) is 13.2. The summed E-state index contributed by atoms with van der Waals surface area (Å²) in [4.78, 5) is 49.4. The number of nitrogens with zero attached hydrogens (tertiary/aromatic N) is 1. The van der Waals surface area contributed by atoms with E-state index in [-0.39, 0.29) is 18.2 Å². The molecule has 2 aromatic rings. The van der Waals surface area contributed by atoms with Crippen LogP contribution in [-0.2, 0) is 25.6 Å². The number of rotatable bonds is 10. The average Bonchev–Trinajstić information content (AvgIpc) is 2.90. The van der Waals surface area contributed by atoms with Gasteiger partial charge in [-0.1, -0.05) is 63.3 Å². The van der Waals surface area contributed by atoms with Gasteiger partial charge in [0.1, 0.15) is 12.1 Å². The highest BCUT2D eigenvalue weighted by Gasteiger charge is 2.30. The lowest BCUT2D eigenvalue weighted by molar-refractivity contribution is -0.310. The Labute approximate surface area is 223 Å². The van der Waals surface area contributed by atoms with Crippen LogP contribution in [0.2, 0.25) is 0 Å². The number of nitrogens with one attached hydrogen (secondary N) is 3. The summed E-state index contributed by atoms with van der Waals surface area (Å²) in [5, 5.41) is 20.1. The fraction of sp³-hybridized carbons (Fsp3) is 0.448. The van der Waals surface area contributed by atoms with Crippen LogP contribution in [0.1, 0.15) is 58.1 Å². The van der Waals surface area contributed by atoms with Gasteiger partial charge < -0.3 is 20.5 Å². The van der Waals surface area contributed by atoms with E-state index in [4.69, 9.17) is 0 Å². The number of hydrogen-bond donors (Lipinski definition) is 3. The molecule has 1 saturated heterocycles. The Morgan fingerprint density at radius 3 is 2.50 bits per heavy atom. The van der Waals surface area contributed by atoms with E-state index in [2.05, 4.69) is 47.2 Å². The first-order chi connectivity index (χ1) is 18.1. The molecule has 1 aliphatic heterocycles. The number of hydrogen-bond acceptors (Lipinski definition) is 6. The number of carbonyl (C=O) groups is 4. The third-order valence-electron chi connectivity index (χ3n) is 6.68. The Morgan fingerprint density at radius 1 is 1.08 bits per heavy atom. The minimum Gasteiger partial charge on any atom is -0.548 e. The van der Waals surface area contributed by atoms with E-state index in [1.165, 1.54) is 17.5 Å². The molecule has 3 atom stereocenters. The molecule has 0 aliphatic carbocycles. The zero-order chi connectivity index (χ0) is 27.8. The van der Waals surface area contributed by atoms with Gasteiger partial charge in [0.2, 0.25) is 11.8 Å². The number of carbonyl (C=O) groups excluding carboxylic acids is 4. The molecule has 0 radical (unpaired) electrons. The van der Waals surface area contributed by atoms with Crippen molar-refractivity contribution in [3.05, 3.63) is 53.6 Å². The van der Waals surface area contributed by atoms with Crippen molar-refractivity contribution in [2.45, 2.75) is 71.5 Å². The van der Waals surface area contributed by atoms with Crippen molar-refractivity contribution in [2.24, 2.45) is 5.92 Å². The number of aliphatic carboxylic acids is 1. The fourth-order valence-electron chi connectivity index (χ4n) is 4.42. The molecule has 3 N–H and O–H groups in total. The second-order valence-corrected chi connectivity index (χ2v) is 10.1. The van der Waals surface area contributed by atoms with Crippen molar-refractivity contribution in [3.63, 3.8) is 0 Å². The van der Waals surface area contributed by atoms with Gasteiger partial charge in [0.15, 0.2) is 0 Å². The monoisotopic (exact) mass is 521 g/mol. The van der Waals surface area contributed by atoms with Gasteiger partial charge in [-0.2, -0.15) is 0 Å². The number of fused-ring (bicyclic) bond motifs is 1. The molecule has 1 aliphatic rings. The Morgan fingerprint density at radius 2 is 1.82 bits per heavy atom. The Balaban J connectivity index is 1.55. The van der Waals surface area contributed by atoms with Crippen LogP contribution < -0.4 is 21.2 Å². The minimum absolute atomic E-state index is 0.0976. The van der Waals surface area contributed by atoms with E-state index in [0.717, 1.165) is 22.8 Å². The van der Waals surface area contributed by atoms with Crippen molar-refractivity contribution < 1.29 is 24.3 Å². The highest BCUT2D eigenvalue weighted by atomic mass is 16.4. The number of amides is 3. The molecule has 0 aromatic heterocycles. The molecule has 1 fully saturated rings. The molecule has 9 heteroatoms. The van der Waals surface area contributed by atoms with Gasteiger partial charge in [0.05, 0.1) is 12.0 Å². The molecule has 3 amide bonds. The van der Waals surface area contributed by atoms with Crippen molar-refractivity contribution in [3.8, 4) is 0 Å². The molecule has 1 heterocycles. The van der Waals surface area contributed by atoms with E-state index in [9.17, 15) is 24.3 Å². The summed E-state index contributed by atoms with van der Waals surface area (Å²) in [5.41, 5.74) is 4.88. The molecule has 2 aromatic carbocycles. The highest BCUT2D eigenvalue weighted by molar-refractivity contribution is 5.92. The third kappa shape index (κ3) is 7.64. The largest absolute Gasteiger partial charge is 0.548 e. The van der Waals surface area contributed by atoms with Crippen LogP contribution >= 0.6 is 0 Å². The van der Waals surface area contributed by atoms with Crippen molar-refractivity contribution >= 4 is 40.5 Å². The number of aryl methyl sites for hydroxylation is 1. The number of carboxylic acid groups (broad SMARTS) is 1. The highest BCUT2D eigenvalue weighted by Crippen LogP contribution is 2.19. The average molecular weight is 522 g/mol. The minimum atomic E-state index is -1.28. The molecule has 204 valence electrons. The number of benzene rings is 2. The fourth-order valence-corrected chi connectivity index (χ4v) is 4.42. The van der Waals surface area contributed by atoms with E-state index in [0.29, 0.717) is 19.4 Å². The summed E-state index contributed by atoms with van der Waals surface area (Å²) in [6.07, 6.45) is 5.58. The zero-order valence-electron chi connectivity index (χ0n) is 22.5. The summed E-state index contributed by atoms with van der Waals surface area (Å²) < 4.78 is 0. The summed E-state index contributed by atoms with van der Waals surface area (Å²) in [5.74, 6) is -2.73. The van der Waals surface area contributed by atoms with E-state index in [1.54, 1.807) is 6.08 Å². The summed E-state index contributed by atoms with van der Waals surface area (Å²) in [6, 6.07) is 9.84. The van der Waals surface area contributed by atoms with E-state index >= 15 is 0 Å². The van der Waals surface area contributed by atoms with Gasteiger partial charge in [-0.15, -0.1) is 0 Å². The van der Waals surface area contributed by atoms with E-state index < -0.39 is 35.9 Å². The van der Waals surface area contributed by atoms with Crippen molar-refractivity contribution in [2.75, 3.05) is 6.54 Å². The summed E-state index contributed by atoms with van der Waals surface area (Å²) in [7, 11) is 0. The van der Waals surface area contributed by atoms with Crippen LogP contribution in [0.25, 0.3) is 16.8 Å². The molecule has 0 bridgehead atoms. The van der Waals surface area contributed by atoms with Gasteiger partial charge in [0, 0.05) is 13.0 Å². The maximum atomic E-state index is 12.9. The first kappa shape index (κ1) is 28.8. The predicted octanol–water partition coefficient (Wildman–Crippen LogP) is 1.70. The van der Waals surface area contributed by atoms with Gasteiger partial charge in [-0.05, 0) is 60.1 Å². The quantitative estimate of drug-likeness (QED) is 0.436. The lowest BCUT2D eigenvalue weighted by Crippen LogP contribution is -2.62. The summed E-state index contributed by atoms with van der Waals surface area (Å²) >= 11 is 0. The predicted molar refractivity (Wildman–Crippen MR) is 144 cm³/mol. The molecule has 9 nitrogen and oxygen atoms in total. The summed E-state index contributed by atoms with van der Waals surface area (Å²) in [6.45, 7) is 7.59. The lowest BCUT2D eigenvalue weighted by atomic mass is 10.0. The van der Waals surface area contributed by atoms with Crippen LogP contribution in [0.3, 0.4) is 0 Å². The smallest absolute Gasteiger partial charge is 0.258 e. The third-order valence-corrected chi connectivity index (χ3v) is 6.68. The van der Waals surface area contributed by atoms with Gasteiger partial charge in [-0.3, -0.25) is 19.4 Å². The molecule has 3 rings (SSSR count). The van der Waals surface area contributed by atoms with Crippen LogP contribution in [0, 0.1) is 5.92 Å². The Kier molecular flexibility index (Phi) is 10.0. The maximum absolute atomic E-state index is 12.9. The van der Waals surface area contributed by atoms with Gasteiger partial charge in [-0.25, -0.2) is 5.43 Å². The Hall–Kier alpha value is -3.72. The normalized spacial score (nSPS) is 17.4. The second kappa shape index (κ2) is 13.2. The molecule has 0 saturated carbocycles. The van der Waals surface area contributed by atoms with Crippen molar-refractivity contribution in [1.29, 1.82) is 0 Å². The van der Waals surface area contributed by atoms with Crippen LogP contribution in [-0.4, -0.2) is 53.4 Å². The number of hydrazine groups is 1. The SMILES string of the molecule is CCc1ccc2ccc(/C=C/CC(=O)N[C@H](C(=O)N[C@@H](C)C(=O)N3CCC[C@@H](C(=O)[O-])N3)C(C)C)cc2c1. The first-order valence-electron chi connectivity index (χ1n) is 13.2. The zero-order valence-corrected chi connectivity index (χ0v) is 22.5. The van der Waals surface area contributed by atoms with Crippen molar-refractivity contribution in [1.82, 2.24) is 21.1 Å². The topological polar surface area (TPSA) is 131 Å². The second-order valence-electron chi connectivity index (χ2n) is 10.1. The number of carboxylic acids is 1. The lowest BCUT2D eigenvalue weighted by Gasteiger charge is -2.36. The van der Waals surface area contributed by atoms with Crippen LogP contribution in [0.4, 0.5) is 0 Å². The molecule has 0 unspecified atom stereocenters. The van der Waals surface area contributed by atoms with Crippen LogP contribution in [0.5, 0.6) is 0 Å². The maximum Gasteiger partial charge on any atom is 0.258 e. The van der Waals surface area contributed by atoms with Crippen LogP contribution in [0.15, 0.2) is 42.5 Å².